The Bertz CT molecular complexity index is 351. The maximum absolute atomic E-state index is 11.7. The number of carbonyl (C=O) groups excluding carboxylic acids is 2. The summed E-state index contributed by atoms with van der Waals surface area (Å²) in [7, 11) is 0. The molecule has 0 radical (unpaired) electrons. The topological polar surface area (TPSA) is 78.6 Å². The molecule has 1 unspecified atom stereocenters. The predicted octanol–water partition coefficient (Wildman–Crippen LogP) is 0.876. The van der Waals surface area contributed by atoms with Crippen molar-refractivity contribution in [2.24, 2.45) is 5.73 Å². The van der Waals surface area contributed by atoms with Crippen molar-refractivity contribution in [3.63, 3.8) is 0 Å². The SMILES string of the molecule is CCC1OC(C)=C(OC(=O)C(C)(C)N)C1=O. The van der Waals surface area contributed by atoms with E-state index in [9.17, 15) is 9.59 Å². The third-order valence-electron chi connectivity index (χ3n) is 2.25. The van der Waals surface area contributed by atoms with Gasteiger partial charge in [-0.25, -0.2) is 4.79 Å². The summed E-state index contributed by atoms with van der Waals surface area (Å²) in [5, 5.41) is 0. The maximum Gasteiger partial charge on any atom is 0.331 e. The van der Waals surface area contributed by atoms with Gasteiger partial charge in [0.05, 0.1) is 0 Å². The minimum Gasteiger partial charge on any atom is -0.483 e. The molecule has 1 rings (SSSR count). The van der Waals surface area contributed by atoms with Crippen molar-refractivity contribution in [2.45, 2.75) is 45.8 Å². The summed E-state index contributed by atoms with van der Waals surface area (Å²) in [5.41, 5.74) is 4.44. The van der Waals surface area contributed by atoms with Crippen LogP contribution in [0, 0.1) is 0 Å². The van der Waals surface area contributed by atoms with Crippen LogP contribution in [0.3, 0.4) is 0 Å². The van der Waals surface area contributed by atoms with Gasteiger partial charge >= 0.3 is 5.97 Å². The molecular weight excluding hydrogens is 210 g/mol. The van der Waals surface area contributed by atoms with Crippen molar-refractivity contribution >= 4 is 11.8 Å². The van der Waals surface area contributed by atoms with Gasteiger partial charge in [-0.05, 0) is 27.2 Å². The summed E-state index contributed by atoms with van der Waals surface area (Å²) in [5.74, 6) is -0.613. The normalized spacial score (nSPS) is 21.1. The highest BCUT2D eigenvalue weighted by molar-refractivity contribution is 6.01. The Morgan fingerprint density at radius 1 is 1.56 bits per heavy atom. The van der Waals surface area contributed by atoms with E-state index in [-0.39, 0.29) is 11.5 Å². The molecule has 0 spiro atoms. The highest BCUT2D eigenvalue weighted by Crippen LogP contribution is 2.25. The largest absolute Gasteiger partial charge is 0.483 e. The standard InChI is InChI=1S/C11H17NO4/c1-5-7-8(13)9(6(2)15-7)16-10(14)11(3,4)12/h7H,5,12H2,1-4H3. The monoisotopic (exact) mass is 227 g/mol. The number of hydrogen-bond acceptors (Lipinski definition) is 5. The molecule has 2 N–H and O–H groups in total. The third kappa shape index (κ3) is 2.41. The van der Waals surface area contributed by atoms with Gasteiger partial charge in [-0.2, -0.15) is 0 Å². The fraction of sp³-hybridized carbons (Fsp3) is 0.636. The lowest BCUT2D eigenvalue weighted by molar-refractivity contribution is -0.147. The van der Waals surface area contributed by atoms with E-state index < -0.39 is 17.6 Å². The zero-order valence-corrected chi connectivity index (χ0v) is 9.99. The lowest BCUT2D eigenvalue weighted by atomic mass is 10.1. The van der Waals surface area contributed by atoms with E-state index in [1.54, 1.807) is 6.92 Å². The number of hydrogen-bond donors (Lipinski definition) is 1. The highest BCUT2D eigenvalue weighted by Gasteiger charge is 2.37. The van der Waals surface area contributed by atoms with Crippen LogP contribution in [0.5, 0.6) is 0 Å². The average molecular weight is 227 g/mol. The molecule has 0 aliphatic carbocycles. The molecule has 0 saturated carbocycles. The second-order valence-electron chi connectivity index (χ2n) is 4.38. The second kappa shape index (κ2) is 4.25. The first kappa shape index (κ1) is 12.7. The Balaban J connectivity index is 2.79. The molecule has 90 valence electrons. The number of ketones is 1. The zero-order valence-electron chi connectivity index (χ0n) is 9.99. The van der Waals surface area contributed by atoms with Crippen molar-refractivity contribution in [1.29, 1.82) is 0 Å². The van der Waals surface area contributed by atoms with Crippen LogP contribution in [0.2, 0.25) is 0 Å². The molecule has 0 aromatic heterocycles. The lowest BCUT2D eigenvalue weighted by Gasteiger charge is -2.16. The summed E-state index contributed by atoms with van der Waals surface area (Å²) < 4.78 is 10.2. The van der Waals surface area contributed by atoms with Crippen LogP contribution in [0.1, 0.15) is 34.1 Å². The molecule has 1 heterocycles. The molecule has 5 heteroatoms. The van der Waals surface area contributed by atoms with Crippen molar-refractivity contribution in [3.8, 4) is 0 Å². The Morgan fingerprint density at radius 2 is 2.12 bits per heavy atom. The van der Waals surface area contributed by atoms with Crippen LogP contribution >= 0.6 is 0 Å². The van der Waals surface area contributed by atoms with Gasteiger partial charge in [-0.3, -0.25) is 4.79 Å². The van der Waals surface area contributed by atoms with Gasteiger partial charge in [0.25, 0.3) is 0 Å². The van der Waals surface area contributed by atoms with Crippen molar-refractivity contribution < 1.29 is 19.1 Å². The van der Waals surface area contributed by atoms with Gasteiger partial charge in [0.1, 0.15) is 11.3 Å². The van der Waals surface area contributed by atoms with Gasteiger partial charge < -0.3 is 15.2 Å². The van der Waals surface area contributed by atoms with Gasteiger partial charge in [-0.1, -0.05) is 6.92 Å². The highest BCUT2D eigenvalue weighted by atomic mass is 16.6. The van der Waals surface area contributed by atoms with Crippen molar-refractivity contribution in [2.75, 3.05) is 0 Å². The molecule has 1 atom stereocenters. The number of carbonyl (C=O) groups is 2. The van der Waals surface area contributed by atoms with Gasteiger partial charge in [0.2, 0.25) is 11.5 Å². The fourth-order valence-corrected chi connectivity index (χ4v) is 1.26. The first-order valence-electron chi connectivity index (χ1n) is 5.20. The molecule has 1 aliphatic heterocycles. The molecule has 16 heavy (non-hydrogen) atoms. The van der Waals surface area contributed by atoms with Gasteiger partial charge in [0, 0.05) is 0 Å². The molecular formula is C11H17NO4. The number of rotatable bonds is 3. The predicted molar refractivity (Wildman–Crippen MR) is 57.2 cm³/mol. The van der Waals surface area contributed by atoms with Crippen LogP contribution in [0.15, 0.2) is 11.5 Å². The number of nitrogens with two attached hydrogens (primary N) is 1. The number of esters is 1. The molecule has 5 nitrogen and oxygen atoms in total. The Labute approximate surface area is 94.6 Å². The Morgan fingerprint density at radius 3 is 2.50 bits per heavy atom. The van der Waals surface area contributed by atoms with Crippen molar-refractivity contribution in [3.05, 3.63) is 11.5 Å². The van der Waals surface area contributed by atoms with Crippen LogP contribution in [0.25, 0.3) is 0 Å². The minimum atomic E-state index is -1.13. The summed E-state index contributed by atoms with van der Waals surface area (Å²) >= 11 is 0. The van der Waals surface area contributed by atoms with E-state index in [2.05, 4.69) is 0 Å². The van der Waals surface area contributed by atoms with E-state index in [1.165, 1.54) is 13.8 Å². The van der Waals surface area contributed by atoms with Gasteiger partial charge in [-0.15, -0.1) is 0 Å². The van der Waals surface area contributed by atoms with E-state index >= 15 is 0 Å². The molecule has 0 bridgehead atoms. The average Bonchev–Trinajstić information content (AvgIpc) is 2.43. The van der Waals surface area contributed by atoms with Crippen LogP contribution in [-0.2, 0) is 19.1 Å². The number of Topliss-reactive ketones (excluding diaryl/α,β-unsaturated/α-hetero) is 1. The van der Waals surface area contributed by atoms with Gasteiger partial charge in [0.15, 0.2) is 6.10 Å². The van der Waals surface area contributed by atoms with Crippen molar-refractivity contribution in [1.82, 2.24) is 0 Å². The Kier molecular flexibility index (Phi) is 3.38. The fourth-order valence-electron chi connectivity index (χ4n) is 1.26. The van der Waals surface area contributed by atoms with E-state index in [4.69, 9.17) is 15.2 Å². The van der Waals surface area contributed by atoms with E-state index in [0.717, 1.165) is 0 Å². The summed E-state index contributed by atoms with van der Waals surface area (Å²) in [6.07, 6.45) is 0.00663. The van der Waals surface area contributed by atoms with E-state index in [1.807, 2.05) is 6.92 Å². The van der Waals surface area contributed by atoms with Crippen LogP contribution in [-0.4, -0.2) is 23.4 Å². The van der Waals surface area contributed by atoms with Crippen LogP contribution in [0.4, 0.5) is 0 Å². The quantitative estimate of drug-likeness (QED) is 0.724. The maximum atomic E-state index is 11.7. The zero-order chi connectivity index (χ0) is 12.5. The minimum absolute atomic E-state index is 0.0182. The molecule has 0 fully saturated rings. The van der Waals surface area contributed by atoms with Crippen LogP contribution < -0.4 is 5.73 Å². The first-order chi connectivity index (χ1) is 7.27. The molecule has 0 aromatic rings. The molecule has 1 aliphatic rings. The summed E-state index contributed by atoms with van der Waals surface area (Å²) in [6, 6.07) is 0. The number of ether oxygens (including phenoxy) is 2. The van der Waals surface area contributed by atoms with E-state index in [0.29, 0.717) is 12.2 Å². The smallest absolute Gasteiger partial charge is 0.331 e. The lowest BCUT2D eigenvalue weighted by Crippen LogP contribution is -2.43. The molecule has 0 saturated heterocycles. The Hall–Kier alpha value is -1.36. The first-order valence-corrected chi connectivity index (χ1v) is 5.20. The second-order valence-corrected chi connectivity index (χ2v) is 4.38. The number of allylic oxidation sites excluding steroid dienone is 1. The molecule has 0 aromatic carbocycles. The third-order valence-corrected chi connectivity index (χ3v) is 2.25. The molecule has 0 amide bonds. The summed E-state index contributed by atoms with van der Waals surface area (Å²) in [4.78, 5) is 23.2. The summed E-state index contributed by atoms with van der Waals surface area (Å²) in [6.45, 7) is 6.46.